The van der Waals surface area contributed by atoms with E-state index in [1.54, 1.807) is 0 Å². The molecule has 0 aromatic rings. The minimum absolute atomic E-state index is 0.823. The van der Waals surface area contributed by atoms with E-state index < -0.39 is 0 Å². The molecule has 0 fully saturated rings. The van der Waals surface area contributed by atoms with Crippen LogP contribution < -0.4 is 0 Å². The number of allylic oxidation sites excluding steroid dienone is 1. The van der Waals surface area contributed by atoms with Gasteiger partial charge in [-0.3, -0.25) is 0 Å². The lowest BCUT2D eigenvalue weighted by Crippen LogP contribution is -2.06. The molecule has 1 aliphatic heterocycles. The first-order chi connectivity index (χ1) is 4.30. The van der Waals surface area contributed by atoms with Gasteiger partial charge in [-0.25, -0.2) is 0 Å². The van der Waals surface area contributed by atoms with Gasteiger partial charge in [0.1, 0.15) is 0 Å². The van der Waals surface area contributed by atoms with Gasteiger partial charge in [0.15, 0.2) is 0 Å². The number of hydrogen-bond acceptors (Lipinski definition) is 1. The van der Waals surface area contributed by atoms with Crippen LogP contribution in [0.5, 0.6) is 0 Å². The number of rotatable bonds is 0. The summed E-state index contributed by atoms with van der Waals surface area (Å²) < 4.78 is 0. The first kappa shape index (κ1) is 7.20. The Bertz CT molecular complexity index is 107. The van der Waals surface area contributed by atoms with Crippen molar-refractivity contribution < 1.29 is 0 Å². The molecular weight excluding hydrogens is 128 g/mol. The summed E-state index contributed by atoms with van der Waals surface area (Å²) in [5.41, 5.74) is 0. The molecule has 0 aliphatic carbocycles. The molecule has 2 atom stereocenters. The van der Waals surface area contributed by atoms with E-state index in [9.17, 15) is 0 Å². The van der Waals surface area contributed by atoms with Gasteiger partial charge in [0.2, 0.25) is 0 Å². The van der Waals surface area contributed by atoms with Crippen molar-refractivity contribution in [1.29, 1.82) is 0 Å². The molecule has 1 heteroatoms. The molecule has 0 bridgehead atoms. The zero-order valence-corrected chi connectivity index (χ0v) is 6.95. The van der Waals surface area contributed by atoms with E-state index in [0.29, 0.717) is 0 Å². The van der Waals surface area contributed by atoms with Crippen LogP contribution in [0.25, 0.3) is 0 Å². The lowest BCUT2D eigenvalue weighted by atomic mass is 10.0. The maximum Gasteiger partial charge on any atom is 0.00857 e. The van der Waals surface area contributed by atoms with Crippen LogP contribution >= 0.6 is 11.8 Å². The van der Waals surface area contributed by atoms with Crippen LogP contribution in [0.3, 0.4) is 0 Å². The highest BCUT2D eigenvalue weighted by Gasteiger charge is 2.11. The maximum absolute atomic E-state index is 2.34. The zero-order chi connectivity index (χ0) is 6.69. The van der Waals surface area contributed by atoms with E-state index >= 15 is 0 Å². The summed E-state index contributed by atoms with van der Waals surface area (Å²) >= 11 is 1.97. The summed E-state index contributed by atoms with van der Waals surface area (Å²) in [6.45, 7) is 4.65. The lowest BCUT2D eigenvalue weighted by molar-refractivity contribution is 0.538. The molecule has 2 unspecified atom stereocenters. The monoisotopic (exact) mass is 142 g/mol. The summed E-state index contributed by atoms with van der Waals surface area (Å²) in [6, 6.07) is 0. The topological polar surface area (TPSA) is 0 Å². The van der Waals surface area contributed by atoms with Crippen LogP contribution in [-0.4, -0.2) is 5.25 Å². The Labute approximate surface area is 61.7 Å². The van der Waals surface area contributed by atoms with Crippen LogP contribution in [0.2, 0.25) is 0 Å². The maximum atomic E-state index is 2.34. The second kappa shape index (κ2) is 3.31. The third-order valence-corrected chi connectivity index (χ3v) is 3.22. The Kier molecular flexibility index (Phi) is 2.65. The summed E-state index contributed by atoms with van der Waals surface area (Å²) in [6.07, 6.45) is 4.92. The molecule has 0 saturated carbocycles. The zero-order valence-electron chi connectivity index (χ0n) is 6.13. The molecule has 1 rings (SSSR count). The Morgan fingerprint density at radius 1 is 1.44 bits per heavy atom. The Balaban J connectivity index is 2.42. The molecule has 1 aliphatic rings. The predicted molar refractivity (Wildman–Crippen MR) is 44.6 cm³/mol. The fraction of sp³-hybridized carbons (Fsp3) is 0.750. The summed E-state index contributed by atoms with van der Waals surface area (Å²) in [4.78, 5) is 0. The van der Waals surface area contributed by atoms with E-state index in [4.69, 9.17) is 0 Å². The lowest BCUT2D eigenvalue weighted by Gasteiger charge is -2.13. The van der Waals surface area contributed by atoms with Gasteiger partial charge in [-0.1, -0.05) is 19.9 Å². The van der Waals surface area contributed by atoms with Gasteiger partial charge in [0.25, 0.3) is 0 Å². The SMILES string of the molecule is CC1CCC=CSC1C. The van der Waals surface area contributed by atoms with Crippen molar-refractivity contribution in [3.8, 4) is 0 Å². The van der Waals surface area contributed by atoms with E-state index in [1.807, 2.05) is 11.8 Å². The van der Waals surface area contributed by atoms with E-state index in [-0.39, 0.29) is 0 Å². The molecule has 9 heavy (non-hydrogen) atoms. The second-order valence-electron chi connectivity index (χ2n) is 2.77. The van der Waals surface area contributed by atoms with Gasteiger partial charge >= 0.3 is 0 Å². The minimum Gasteiger partial charge on any atom is -0.131 e. The molecule has 0 saturated heterocycles. The van der Waals surface area contributed by atoms with E-state index in [1.165, 1.54) is 12.8 Å². The van der Waals surface area contributed by atoms with Gasteiger partial charge in [-0.15, -0.1) is 11.8 Å². The van der Waals surface area contributed by atoms with Crippen LogP contribution in [-0.2, 0) is 0 Å². The summed E-state index contributed by atoms with van der Waals surface area (Å²) in [7, 11) is 0. The fourth-order valence-electron chi connectivity index (χ4n) is 0.975. The van der Waals surface area contributed by atoms with Gasteiger partial charge in [-0.2, -0.15) is 0 Å². The molecular formula is C8H14S. The first-order valence-corrected chi connectivity index (χ1v) is 4.55. The molecule has 0 radical (unpaired) electrons. The molecule has 0 N–H and O–H groups in total. The smallest absolute Gasteiger partial charge is 0.00857 e. The van der Waals surface area contributed by atoms with Crippen LogP contribution in [0, 0.1) is 5.92 Å². The standard InChI is InChI=1S/C8H14S/c1-7-5-3-4-6-9-8(7)2/h4,6-8H,3,5H2,1-2H3. The van der Waals surface area contributed by atoms with Gasteiger partial charge in [0, 0.05) is 5.25 Å². The van der Waals surface area contributed by atoms with Crippen molar-refractivity contribution in [3.05, 3.63) is 11.5 Å². The van der Waals surface area contributed by atoms with Crippen LogP contribution in [0.15, 0.2) is 11.5 Å². The molecule has 0 spiro atoms. The fourth-order valence-corrected chi connectivity index (χ4v) is 1.87. The summed E-state index contributed by atoms with van der Waals surface area (Å²) in [5, 5.41) is 3.07. The average Bonchev–Trinajstić information content (AvgIpc) is 1.99. The van der Waals surface area contributed by atoms with Crippen molar-refractivity contribution in [2.24, 2.45) is 5.92 Å². The Morgan fingerprint density at radius 3 is 3.00 bits per heavy atom. The quantitative estimate of drug-likeness (QED) is 0.501. The van der Waals surface area contributed by atoms with E-state index in [2.05, 4.69) is 25.3 Å². The highest BCUT2D eigenvalue weighted by Crippen LogP contribution is 2.27. The molecule has 1 heterocycles. The number of hydrogen-bond donors (Lipinski definition) is 0. The Hall–Kier alpha value is 0.0900. The normalized spacial score (nSPS) is 36.2. The molecule has 0 amide bonds. The van der Waals surface area contributed by atoms with Gasteiger partial charge in [-0.05, 0) is 24.2 Å². The van der Waals surface area contributed by atoms with Gasteiger partial charge in [0.05, 0.1) is 0 Å². The third kappa shape index (κ3) is 2.05. The predicted octanol–water partition coefficient (Wildman–Crippen LogP) is 3.05. The van der Waals surface area contributed by atoms with Crippen molar-refractivity contribution >= 4 is 11.8 Å². The van der Waals surface area contributed by atoms with Gasteiger partial charge < -0.3 is 0 Å². The minimum atomic E-state index is 0.823. The first-order valence-electron chi connectivity index (χ1n) is 3.61. The molecule has 0 aromatic heterocycles. The van der Waals surface area contributed by atoms with E-state index in [0.717, 1.165) is 11.2 Å². The largest absolute Gasteiger partial charge is 0.131 e. The highest BCUT2D eigenvalue weighted by molar-refractivity contribution is 8.02. The van der Waals surface area contributed by atoms with Crippen LogP contribution in [0.1, 0.15) is 26.7 Å². The molecule has 52 valence electrons. The summed E-state index contributed by atoms with van der Waals surface area (Å²) in [5.74, 6) is 0.894. The van der Waals surface area contributed by atoms with Crippen LogP contribution in [0.4, 0.5) is 0 Å². The van der Waals surface area contributed by atoms with Crippen molar-refractivity contribution in [2.45, 2.75) is 31.9 Å². The highest BCUT2D eigenvalue weighted by atomic mass is 32.2. The third-order valence-electron chi connectivity index (χ3n) is 1.98. The molecule has 0 aromatic carbocycles. The number of thioether (sulfide) groups is 1. The van der Waals surface area contributed by atoms with Crippen molar-refractivity contribution in [3.63, 3.8) is 0 Å². The Morgan fingerprint density at radius 2 is 2.22 bits per heavy atom. The average molecular weight is 142 g/mol. The molecule has 0 nitrogen and oxygen atoms in total. The van der Waals surface area contributed by atoms with Crippen molar-refractivity contribution in [1.82, 2.24) is 0 Å². The second-order valence-corrected chi connectivity index (χ2v) is 4.06. The van der Waals surface area contributed by atoms with Crippen molar-refractivity contribution in [2.75, 3.05) is 0 Å².